The van der Waals surface area contributed by atoms with E-state index in [0.29, 0.717) is 12.8 Å². The van der Waals surface area contributed by atoms with Crippen molar-refractivity contribution >= 4 is 11.6 Å². The lowest BCUT2D eigenvalue weighted by Crippen LogP contribution is -2.72. The number of Topliss-reactive ketones (excluding diaryl/α,β-unsaturated/α-hetero) is 1. The molecule has 0 amide bonds. The van der Waals surface area contributed by atoms with Crippen LogP contribution >= 0.6 is 0 Å². The first kappa shape index (κ1) is 24.2. The molecule has 0 bridgehead atoms. The molecule has 10 atom stereocenters. The fourth-order valence-corrected chi connectivity index (χ4v) is 8.40. The summed E-state index contributed by atoms with van der Waals surface area (Å²) in [5, 5.41) is 22.5. The molecule has 5 aliphatic rings. The number of allylic oxidation sites excluding steroid dienone is 4. The quantitative estimate of drug-likeness (QED) is 0.630. The van der Waals surface area contributed by atoms with E-state index in [4.69, 9.17) is 9.47 Å². The predicted octanol–water partition coefficient (Wildman–Crippen LogP) is 3.35. The molecule has 34 heavy (non-hydrogen) atoms. The first-order valence-corrected chi connectivity index (χ1v) is 12.3. The van der Waals surface area contributed by atoms with Gasteiger partial charge in [-0.1, -0.05) is 26.8 Å². The summed E-state index contributed by atoms with van der Waals surface area (Å²) in [7, 11) is 0. The fraction of sp³-hybridized carbons (Fsp3) is 0.769. The lowest BCUT2D eigenvalue weighted by atomic mass is 9.44. The summed E-state index contributed by atoms with van der Waals surface area (Å²) in [5.41, 5.74) is -6.16. The minimum Gasteiger partial charge on any atom is -0.390 e. The number of hydrogen-bond donors (Lipinski definition) is 2. The Bertz CT molecular complexity index is 996. The van der Waals surface area contributed by atoms with Crippen LogP contribution in [0.4, 0.5) is 8.78 Å². The zero-order chi connectivity index (χ0) is 24.9. The molecule has 1 heterocycles. The van der Waals surface area contributed by atoms with Gasteiger partial charge in [0.05, 0.1) is 6.10 Å². The van der Waals surface area contributed by atoms with E-state index in [1.807, 2.05) is 13.8 Å². The van der Waals surface area contributed by atoms with E-state index < -0.39 is 63.9 Å². The van der Waals surface area contributed by atoms with Crippen LogP contribution in [0.15, 0.2) is 23.8 Å². The van der Waals surface area contributed by atoms with Crippen LogP contribution in [0.3, 0.4) is 0 Å². The van der Waals surface area contributed by atoms with Crippen LogP contribution in [0.1, 0.15) is 59.8 Å². The summed E-state index contributed by atoms with van der Waals surface area (Å²) in [6.45, 7) is 6.71. The highest BCUT2D eigenvalue weighted by atomic mass is 19.1. The molecule has 0 radical (unpaired) electrons. The summed E-state index contributed by atoms with van der Waals surface area (Å²) < 4.78 is 44.4. The van der Waals surface area contributed by atoms with Gasteiger partial charge in [0.25, 0.3) is 5.97 Å². The molecule has 5 rings (SSSR count). The Hall–Kier alpha value is -1.48. The van der Waals surface area contributed by atoms with Crippen molar-refractivity contribution in [3.8, 4) is 0 Å². The number of alkyl halides is 2. The Labute approximate surface area is 198 Å². The van der Waals surface area contributed by atoms with E-state index in [1.165, 1.54) is 12.2 Å². The average molecular weight is 481 g/mol. The predicted molar refractivity (Wildman–Crippen MR) is 118 cm³/mol. The third kappa shape index (κ3) is 2.69. The molecule has 1 unspecified atom stereocenters. The van der Waals surface area contributed by atoms with Gasteiger partial charge >= 0.3 is 0 Å². The number of fused-ring (bicyclic) bond motifs is 6. The van der Waals surface area contributed by atoms with Gasteiger partial charge in [-0.15, -0.1) is 0 Å². The van der Waals surface area contributed by atoms with Crippen LogP contribution in [-0.4, -0.2) is 57.9 Å². The summed E-state index contributed by atoms with van der Waals surface area (Å²) in [6.07, 6.45) is 1.55. The number of hydrogen-bond acceptors (Lipinski definition) is 6. The van der Waals surface area contributed by atoms with Gasteiger partial charge in [0.1, 0.15) is 18.4 Å². The van der Waals surface area contributed by atoms with Crippen molar-refractivity contribution in [2.45, 2.75) is 89.3 Å². The van der Waals surface area contributed by atoms with E-state index in [-0.39, 0.29) is 37.2 Å². The molecular weight excluding hydrogens is 446 g/mol. The molecule has 6 nitrogen and oxygen atoms in total. The normalized spacial score (nSPS) is 54.5. The van der Waals surface area contributed by atoms with Gasteiger partial charge < -0.3 is 19.7 Å². The topological polar surface area (TPSA) is 93.1 Å². The minimum absolute atomic E-state index is 0.0675. The Balaban J connectivity index is 1.63. The third-order valence-electron chi connectivity index (χ3n) is 9.90. The van der Waals surface area contributed by atoms with E-state index in [1.54, 1.807) is 13.8 Å². The summed E-state index contributed by atoms with van der Waals surface area (Å²) in [4.78, 5) is 25.4. The van der Waals surface area contributed by atoms with Crippen molar-refractivity contribution in [3.05, 3.63) is 23.8 Å². The Morgan fingerprint density at radius 2 is 1.91 bits per heavy atom. The Kier molecular flexibility index (Phi) is 5.18. The standard InChI is InChI=1S/C26H34F2O6/c1-5-7-24(32)33-13-21(31)26(34-24)14(2)9-16-17-11-19(27)18-10-15(29)6-8-22(18,3)25(17,28)20(30)12-23(16,26)4/h6,8,10,14,16-17,19-20,30,32H,5,7,9,11-13H2,1-4H3/t14-,16-,17-,19-,20-,22-,23-,24?,25-,26-/m0/s1. The summed E-state index contributed by atoms with van der Waals surface area (Å²) in [6, 6.07) is 0. The van der Waals surface area contributed by atoms with Crippen molar-refractivity contribution in [2.75, 3.05) is 6.61 Å². The van der Waals surface area contributed by atoms with E-state index in [0.717, 1.165) is 6.08 Å². The van der Waals surface area contributed by atoms with Crippen LogP contribution in [0.5, 0.6) is 0 Å². The maximum absolute atomic E-state index is 17.3. The number of halogens is 2. The lowest BCUT2D eigenvalue weighted by Gasteiger charge is -2.64. The SMILES string of the molecule is CCCC1(O)OCC(=O)[C@@]2(O1)[C@@H](C)C[C@H]1[C@@H]3C[C@H](F)C4=CC(=O)C=C[C@]4(C)[C@@]3(F)[C@@H](O)C[C@@]12C. The molecular formula is C26H34F2O6. The monoisotopic (exact) mass is 480 g/mol. The first-order valence-electron chi connectivity index (χ1n) is 12.3. The second-order valence-corrected chi connectivity index (χ2v) is 11.5. The van der Waals surface area contributed by atoms with Gasteiger partial charge in [0.15, 0.2) is 17.2 Å². The van der Waals surface area contributed by atoms with Gasteiger partial charge in [-0.2, -0.15) is 0 Å². The van der Waals surface area contributed by atoms with Crippen molar-refractivity contribution in [1.29, 1.82) is 0 Å². The zero-order valence-corrected chi connectivity index (χ0v) is 20.1. The van der Waals surface area contributed by atoms with Crippen LogP contribution in [-0.2, 0) is 19.1 Å². The van der Waals surface area contributed by atoms with Crippen molar-refractivity contribution in [3.63, 3.8) is 0 Å². The van der Waals surface area contributed by atoms with E-state index in [9.17, 15) is 19.8 Å². The maximum atomic E-state index is 17.3. The van der Waals surface area contributed by atoms with Crippen molar-refractivity contribution in [2.24, 2.45) is 28.6 Å². The highest BCUT2D eigenvalue weighted by Crippen LogP contribution is 2.72. The zero-order valence-electron chi connectivity index (χ0n) is 20.1. The van der Waals surface area contributed by atoms with Crippen LogP contribution < -0.4 is 0 Å². The van der Waals surface area contributed by atoms with Gasteiger partial charge in [-0.05, 0) is 62.2 Å². The Morgan fingerprint density at radius 1 is 1.21 bits per heavy atom. The highest BCUT2D eigenvalue weighted by molar-refractivity contribution is 6.01. The number of aliphatic hydroxyl groups excluding tert-OH is 1. The Morgan fingerprint density at radius 3 is 2.59 bits per heavy atom. The van der Waals surface area contributed by atoms with Crippen LogP contribution in [0, 0.1) is 28.6 Å². The molecule has 4 aliphatic carbocycles. The largest absolute Gasteiger partial charge is 0.390 e. The minimum atomic E-state index is -2.22. The maximum Gasteiger partial charge on any atom is 0.281 e. The van der Waals surface area contributed by atoms with Crippen molar-refractivity contribution < 1.29 is 38.1 Å². The molecule has 2 N–H and O–H groups in total. The van der Waals surface area contributed by atoms with Crippen LogP contribution in [0.25, 0.3) is 0 Å². The number of aliphatic hydroxyl groups is 2. The highest BCUT2D eigenvalue weighted by Gasteiger charge is 2.78. The van der Waals surface area contributed by atoms with Gasteiger partial charge in [0, 0.05) is 23.2 Å². The molecule has 3 saturated carbocycles. The summed E-state index contributed by atoms with van der Waals surface area (Å²) >= 11 is 0. The molecule has 1 aliphatic heterocycles. The van der Waals surface area contributed by atoms with E-state index >= 15 is 8.78 Å². The molecule has 8 heteroatoms. The second-order valence-electron chi connectivity index (χ2n) is 11.5. The number of carbonyl (C=O) groups excluding carboxylic acids is 2. The third-order valence-corrected chi connectivity index (χ3v) is 9.90. The van der Waals surface area contributed by atoms with Gasteiger partial charge in [0.2, 0.25) is 0 Å². The second kappa shape index (κ2) is 7.28. The number of ketones is 2. The number of carbonyl (C=O) groups is 2. The fourth-order valence-electron chi connectivity index (χ4n) is 8.40. The number of ether oxygens (including phenoxy) is 2. The molecule has 0 aromatic heterocycles. The van der Waals surface area contributed by atoms with E-state index in [2.05, 4.69) is 0 Å². The molecule has 1 saturated heterocycles. The molecule has 188 valence electrons. The molecule has 1 spiro atoms. The average Bonchev–Trinajstić information content (AvgIpc) is 2.97. The smallest absolute Gasteiger partial charge is 0.281 e. The first-order chi connectivity index (χ1) is 15.8. The van der Waals surface area contributed by atoms with Gasteiger partial charge in [-0.3, -0.25) is 9.59 Å². The van der Waals surface area contributed by atoms with Crippen molar-refractivity contribution in [1.82, 2.24) is 0 Å². The van der Waals surface area contributed by atoms with Gasteiger partial charge in [-0.25, -0.2) is 8.78 Å². The lowest BCUT2D eigenvalue weighted by molar-refractivity contribution is -0.423. The summed E-state index contributed by atoms with van der Waals surface area (Å²) in [5.74, 6) is -4.47. The molecule has 0 aromatic rings. The van der Waals surface area contributed by atoms with Crippen LogP contribution in [0.2, 0.25) is 0 Å². The number of rotatable bonds is 2. The molecule has 0 aromatic carbocycles. The molecule has 4 fully saturated rings.